The molecule has 4 nitrogen and oxygen atoms in total. The van der Waals surface area contributed by atoms with E-state index in [1.165, 1.54) is 19.3 Å². The number of carboxylic acid groups (broad SMARTS) is 1. The first-order valence-corrected chi connectivity index (χ1v) is 11.3. The second-order valence-electron chi connectivity index (χ2n) is 7.58. The van der Waals surface area contributed by atoms with E-state index in [2.05, 4.69) is 6.92 Å². The van der Waals surface area contributed by atoms with E-state index in [0.717, 1.165) is 29.5 Å². The molecular formula is C25H27Cl2NO3. The summed E-state index contributed by atoms with van der Waals surface area (Å²) >= 11 is 12.2. The zero-order valence-corrected chi connectivity index (χ0v) is 19.1. The fourth-order valence-electron chi connectivity index (χ4n) is 3.48. The number of rotatable bonds is 11. The quantitative estimate of drug-likeness (QED) is 0.298. The Morgan fingerprint density at radius 1 is 0.968 bits per heavy atom. The molecule has 1 aromatic heterocycles. The number of nitrogens with zero attached hydrogens (tertiary/aromatic N) is 1. The number of halogens is 2. The molecule has 0 aliphatic heterocycles. The van der Waals surface area contributed by atoms with Crippen LogP contribution in [0.15, 0.2) is 54.7 Å². The number of benzene rings is 2. The maximum absolute atomic E-state index is 11.7. The Morgan fingerprint density at radius 3 is 2.42 bits per heavy atom. The highest BCUT2D eigenvalue weighted by Gasteiger charge is 2.13. The molecule has 1 heterocycles. The molecule has 0 aliphatic carbocycles. The van der Waals surface area contributed by atoms with Crippen LogP contribution in [-0.2, 0) is 13.2 Å². The number of carbonyl (C=O) groups is 1. The van der Waals surface area contributed by atoms with E-state index in [4.69, 9.17) is 27.9 Å². The number of aromatic carboxylic acids is 1. The summed E-state index contributed by atoms with van der Waals surface area (Å²) in [5.41, 5.74) is 2.97. The molecular weight excluding hydrogens is 433 g/mol. The predicted molar refractivity (Wildman–Crippen MR) is 126 cm³/mol. The van der Waals surface area contributed by atoms with Crippen molar-refractivity contribution < 1.29 is 14.6 Å². The second-order valence-corrected chi connectivity index (χ2v) is 8.42. The zero-order valence-electron chi connectivity index (χ0n) is 17.6. The highest BCUT2D eigenvalue weighted by atomic mass is 35.5. The van der Waals surface area contributed by atoms with Gasteiger partial charge in [-0.15, -0.1) is 0 Å². The van der Waals surface area contributed by atoms with E-state index in [1.54, 1.807) is 24.3 Å². The van der Waals surface area contributed by atoms with Crippen molar-refractivity contribution >= 4 is 29.2 Å². The van der Waals surface area contributed by atoms with Crippen LogP contribution >= 0.6 is 23.2 Å². The number of carboxylic acids is 1. The van der Waals surface area contributed by atoms with E-state index < -0.39 is 5.97 Å². The summed E-state index contributed by atoms with van der Waals surface area (Å²) < 4.78 is 7.67. The van der Waals surface area contributed by atoms with Crippen LogP contribution < -0.4 is 4.74 Å². The van der Waals surface area contributed by atoms with Crippen molar-refractivity contribution in [2.45, 2.75) is 52.2 Å². The summed E-state index contributed by atoms with van der Waals surface area (Å²) in [6.45, 7) is 3.22. The molecule has 0 atom stereocenters. The Hall–Kier alpha value is -2.43. The minimum atomic E-state index is -0.904. The standard InChI is InChI=1S/C25H27Cl2NO3/c1-2-3-4-5-6-13-28-16-19(15-24(28)25(29)30)18-7-10-22(11-8-18)31-17-20-14-21(26)9-12-23(20)27/h7-12,14-16H,2-6,13,17H2,1H3,(H,29,30). The van der Waals surface area contributed by atoms with E-state index >= 15 is 0 Å². The molecule has 0 spiro atoms. The molecule has 3 rings (SSSR count). The third-order valence-electron chi connectivity index (χ3n) is 5.21. The maximum Gasteiger partial charge on any atom is 0.352 e. The van der Waals surface area contributed by atoms with Gasteiger partial charge in [0, 0.05) is 33.9 Å². The van der Waals surface area contributed by atoms with E-state index in [0.29, 0.717) is 34.6 Å². The van der Waals surface area contributed by atoms with Crippen LogP contribution in [0.1, 0.15) is 55.1 Å². The minimum Gasteiger partial charge on any atom is -0.489 e. The number of hydrogen-bond donors (Lipinski definition) is 1. The average Bonchev–Trinajstić information content (AvgIpc) is 3.19. The lowest BCUT2D eigenvalue weighted by Crippen LogP contribution is -2.07. The molecule has 0 fully saturated rings. The highest BCUT2D eigenvalue weighted by Crippen LogP contribution is 2.27. The highest BCUT2D eigenvalue weighted by molar-refractivity contribution is 6.33. The Bertz CT molecular complexity index is 1010. The van der Waals surface area contributed by atoms with Crippen LogP contribution in [0.25, 0.3) is 11.1 Å². The molecule has 164 valence electrons. The molecule has 0 bridgehead atoms. The summed E-state index contributed by atoms with van der Waals surface area (Å²) in [4.78, 5) is 11.7. The first-order valence-electron chi connectivity index (χ1n) is 10.6. The van der Waals surface area contributed by atoms with Gasteiger partial charge >= 0.3 is 5.97 Å². The van der Waals surface area contributed by atoms with Gasteiger partial charge in [0.1, 0.15) is 18.1 Å². The van der Waals surface area contributed by atoms with E-state index in [-0.39, 0.29) is 0 Å². The van der Waals surface area contributed by atoms with Gasteiger partial charge in [-0.05, 0) is 48.4 Å². The van der Waals surface area contributed by atoms with Crippen LogP contribution in [0, 0.1) is 0 Å². The molecule has 0 unspecified atom stereocenters. The minimum absolute atomic E-state index is 0.316. The van der Waals surface area contributed by atoms with Crippen LogP contribution in [-0.4, -0.2) is 15.6 Å². The molecule has 0 saturated carbocycles. The summed E-state index contributed by atoms with van der Waals surface area (Å²) in [7, 11) is 0. The van der Waals surface area contributed by atoms with Crippen LogP contribution in [0.5, 0.6) is 5.75 Å². The monoisotopic (exact) mass is 459 g/mol. The lowest BCUT2D eigenvalue weighted by Gasteiger charge is -2.09. The smallest absolute Gasteiger partial charge is 0.352 e. The van der Waals surface area contributed by atoms with E-state index in [9.17, 15) is 9.90 Å². The van der Waals surface area contributed by atoms with Crippen LogP contribution in [0.2, 0.25) is 10.0 Å². The number of unbranched alkanes of at least 4 members (excludes halogenated alkanes) is 4. The Labute approximate surface area is 193 Å². The van der Waals surface area contributed by atoms with Crippen molar-refractivity contribution in [3.63, 3.8) is 0 Å². The second kappa shape index (κ2) is 11.3. The summed E-state index contributed by atoms with van der Waals surface area (Å²) in [5, 5.41) is 10.8. The summed E-state index contributed by atoms with van der Waals surface area (Å²) in [5.74, 6) is -0.202. The normalized spacial score (nSPS) is 10.9. The van der Waals surface area contributed by atoms with Crippen molar-refractivity contribution in [2.24, 2.45) is 0 Å². The molecule has 2 aromatic carbocycles. The van der Waals surface area contributed by atoms with Crippen LogP contribution in [0.4, 0.5) is 0 Å². The van der Waals surface area contributed by atoms with Gasteiger partial charge in [0.05, 0.1) is 0 Å². The van der Waals surface area contributed by atoms with Gasteiger partial charge in [-0.25, -0.2) is 4.79 Å². The van der Waals surface area contributed by atoms with Gasteiger partial charge < -0.3 is 14.4 Å². The van der Waals surface area contributed by atoms with Gasteiger partial charge in [-0.2, -0.15) is 0 Å². The zero-order chi connectivity index (χ0) is 22.2. The van der Waals surface area contributed by atoms with Crippen LogP contribution in [0.3, 0.4) is 0 Å². The molecule has 0 saturated heterocycles. The molecule has 0 aliphatic rings. The Kier molecular flexibility index (Phi) is 8.44. The molecule has 0 radical (unpaired) electrons. The molecule has 1 N–H and O–H groups in total. The van der Waals surface area contributed by atoms with Gasteiger partial charge in [-0.3, -0.25) is 0 Å². The number of aromatic nitrogens is 1. The number of ether oxygens (including phenoxy) is 1. The number of hydrogen-bond acceptors (Lipinski definition) is 2. The van der Waals surface area contributed by atoms with Crippen molar-refractivity contribution in [3.05, 3.63) is 76.0 Å². The summed E-state index contributed by atoms with van der Waals surface area (Å²) in [6.07, 6.45) is 7.62. The molecule has 6 heteroatoms. The third kappa shape index (κ3) is 6.52. The fraction of sp³-hybridized carbons (Fsp3) is 0.320. The first kappa shape index (κ1) is 23.2. The maximum atomic E-state index is 11.7. The SMILES string of the molecule is CCCCCCCn1cc(-c2ccc(OCc3cc(Cl)ccc3Cl)cc2)cc1C(=O)O. The van der Waals surface area contributed by atoms with Crippen molar-refractivity contribution in [3.8, 4) is 16.9 Å². The van der Waals surface area contributed by atoms with E-state index in [1.807, 2.05) is 35.0 Å². The number of aryl methyl sites for hydroxylation is 1. The van der Waals surface area contributed by atoms with Gasteiger partial charge in [-0.1, -0.05) is 67.9 Å². The molecule has 3 aromatic rings. The van der Waals surface area contributed by atoms with Crippen molar-refractivity contribution in [1.82, 2.24) is 4.57 Å². The Morgan fingerprint density at radius 2 is 1.71 bits per heavy atom. The van der Waals surface area contributed by atoms with Gasteiger partial charge in [0.25, 0.3) is 0 Å². The molecule has 31 heavy (non-hydrogen) atoms. The predicted octanol–water partition coefficient (Wildman–Crippen LogP) is 7.71. The largest absolute Gasteiger partial charge is 0.489 e. The lowest BCUT2D eigenvalue weighted by molar-refractivity contribution is 0.0685. The molecule has 0 amide bonds. The van der Waals surface area contributed by atoms with Gasteiger partial charge in [0.2, 0.25) is 0 Å². The Balaban J connectivity index is 1.66. The van der Waals surface area contributed by atoms with Gasteiger partial charge in [0.15, 0.2) is 0 Å². The van der Waals surface area contributed by atoms with Crippen molar-refractivity contribution in [2.75, 3.05) is 0 Å². The summed E-state index contributed by atoms with van der Waals surface area (Å²) in [6, 6.07) is 14.6. The average molecular weight is 460 g/mol. The van der Waals surface area contributed by atoms with Crippen molar-refractivity contribution in [1.29, 1.82) is 0 Å². The lowest BCUT2D eigenvalue weighted by atomic mass is 10.1. The topological polar surface area (TPSA) is 51.5 Å². The fourth-order valence-corrected chi connectivity index (χ4v) is 3.84. The third-order valence-corrected chi connectivity index (χ3v) is 5.81. The first-order chi connectivity index (χ1) is 15.0.